The molecule has 1 heterocycles. The predicted octanol–water partition coefficient (Wildman–Crippen LogP) is 2.74. The molecular weight excluding hydrogens is 284 g/mol. The quantitative estimate of drug-likeness (QED) is 0.850. The average molecular weight is 300 g/mol. The summed E-state index contributed by atoms with van der Waals surface area (Å²) < 4.78 is 5.38. The van der Waals surface area contributed by atoms with Crippen LogP contribution >= 0.6 is 0 Å². The minimum atomic E-state index is -0.938. The molecule has 1 aliphatic carbocycles. The lowest BCUT2D eigenvalue weighted by atomic mass is 9.82. The van der Waals surface area contributed by atoms with Gasteiger partial charge in [0.1, 0.15) is 5.52 Å². The van der Waals surface area contributed by atoms with Gasteiger partial charge in [-0.2, -0.15) is 0 Å². The molecule has 2 atom stereocenters. The maximum atomic E-state index is 12.4. The number of aromatic nitrogens is 1. The van der Waals surface area contributed by atoms with Crippen molar-refractivity contribution in [3.63, 3.8) is 0 Å². The van der Waals surface area contributed by atoms with E-state index in [2.05, 4.69) is 10.3 Å². The van der Waals surface area contributed by atoms with Gasteiger partial charge in [0.05, 0.1) is 11.8 Å². The highest BCUT2D eigenvalue weighted by Gasteiger charge is 2.33. The van der Waals surface area contributed by atoms with Gasteiger partial charge in [0.2, 0.25) is 5.91 Å². The van der Waals surface area contributed by atoms with Crippen LogP contribution in [0.25, 0.3) is 11.1 Å². The molecule has 6 nitrogen and oxygen atoms in total. The van der Waals surface area contributed by atoms with E-state index in [1.807, 2.05) is 12.2 Å². The summed E-state index contributed by atoms with van der Waals surface area (Å²) in [6.45, 7) is 1.75. The first-order valence-electron chi connectivity index (χ1n) is 7.10. The maximum absolute atomic E-state index is 12.4. The first kappa shape index (κ1) is 14.3. The molecule has 2 N–H and O–H groups in total. The molecule has 0 fully saturated rings. The van der Waals surface area contributed by atoms with Gasteiger partial charge in [-0.25, -0.2) is 4.98 Å². The summed E-state index contributed by atoms with van der Waals surface area (Å²) in [5.74, 6) is -1.90. The molecule has 0 radical (unpaired) electrons. The second kappa shape index (κ2) is 5.63. The van der Waals surface area contributed by atoms with Gasteiger partial charge in [-0.3, -0.25) is 9.59 Å². The molecule has 114 valence electrons. The zero-order valence-corrected chi connectivity index (χ0v) is 12.1. The molecule has 6 heteroatoms. The van der Waals surface area contributed by atoms with Gasteiger partial charge in [0.25, 0.3) is 0 Å². The van der Waals surface area contributed by atoms with Crippen molar-refractivity contribution in [3.8, 4) is 0 Å². The zero-order valence-electron chi connectivity index (χ0n) is 12.1. The number of anilines is 1. The number of nitrogens with zero attached hydrogens (tertiary/aromatic N) is 1. The van der Waals surface area contributed by atoms with Crippen molar-refractivity contribution in [2.45, 2.75) is 19.8 Å². The molecule has 0 bridgehead atoms. The van der Waals surface area contributed by atoms with Crippen LogP contribution in [0.5, 0.6) is 0 Å². The Balaban J connectivity index is 1.79. The largest absolute Gasteiger partial charge is 0.481 e. The van der Waals surface area contributed by atoms with Crippen molar-refractivity contribution >= 4 is 28.7 Å². The van der Waals surface area contributed by atoms with E-state index in [0.29, 0.717) is 35.5 Å². The number of carbonyl (C=O) groups excluding carboxylic acids is 1. The van der Waals surface area contributed by atoms with Crippen LogP contribution in [0.15, 0.2) is 34.8 Å². The van der Waals surface area contributed by atoms with Gasteiger partial charge in [-0.15, -0.1) is 0 Å². The molecule has 1 aromatic heterocycles. The highest BCUT2D eigenvalue weighted by Crippen LogP contribution is 2.28. The lowest BCUT2D eigenvalue weighted by molar-refractivity contribution is -0.146. The van der Waals surface area contributed by atoms with Crippen molar-refractivity contribution < 1.29 is 19.1 Å². The van der Waals surface area contributed by atoms with Crippen molar-refractivity contribution in [2.75, 3.05) is 5.32 Å². The number of nitrogens with one attached hydrogen (secondary N) is 1. The first-order chi connectivity index (χ1) is 10.5. The molecule has 22 heavy (non-hydrogen) atoms. The van der Waals surface area contributed by atoms with Crippen LogP contribution in [0, 0.1) is 18.8 Å². The zero-order chi connectivity index (χ0) is 15.7. The monoisotopic (exact) mass is 300 g/mol. The number of hydrogen-bond acceptors (Lipinski definition) is 4. The molecule has 3 rings (SSSR count). The average Bonchev–Trinajstić information content (AvgIpc) is 2.86. The van der Waals surface area contributed by atoms with Gasteiger partial charge in [0.15, 0.2) is 11.5 Å². The van der Waals surface area contributed by atoms with E-state index in [9.17, 15) is 14.7 Å². The number of amides is 1. The van der Waals surface area contributed by atoms with Gasteiger partial charge in [0, 0.05) is 12.6 Å². The van der Waals surface area contributed by atoms with Crippen LogP contribution in [0.2, 0.25) is 0 Å². The molecule has 2 aromatic rings. The Morgan fingerprint density at radius 2 is 2.00 bits per heavy atom. The fourth-order valence-corrected chi connectivity index (χ4v) is 2.73. The van der Waals surface area contributed by atoms with Crippen LogP contribution in [-0.4, -0.2) is 22.0 Å². The third-order valence-corrected chi connectivity index (χ3v) is 3.85. The topological polar surface area (TPSA) is 92.4 Å². The van der Waals surface area contributed by atoms with Crippen molar-refractivity contribution in [3.05, 3.63) is 36.2 Å². The lowest BCUT2D eigenvalue weighted by Crippen LogP contribution is -2.34. The molecule has 0 aliphatic heterocycles. The number of hydrogen-bond donors (Lipinski definition) is 2. The minimum absolute atomic E-state index is 0.281. The van der Waals surface area contributed by atoms with E-state index >= 15 is 0 Å². The second-order valence-corrected chi connectivity index (χ2v) is 5.40. The molecular formula is C16H16N2O4. The van der Waals surface area contributed by atoms with E-state index in [-0.39, 0.29) is 5.91 Å². The summed E-state index contributed by atoms with van der Waals surface area (Å²) in [5, 5.41) is 12.0. The maximum Gasteiger partial charge on any atom is 0.307 e. The normalized spacial score (nSPS) is 21.0. The number of carboxylic acids is 1. The number of rotatable bonds is 3. The molecule has 0 saturated heterocycles. The van der Waals surface area contributed by atoms with Crippen LogP contribution in [0.1, 0.15) is 18.7 Å². The fraction of sp³-hybridized carbons (Fsp3) is 0.312. The van der Waals surface area contributed by atoms with Gasteiger partial charge >= 0.3 is 5.97 Å². The van der Waals surface area contributed by atoms with Crippen LogP contribution in [0.3, 0.4) is 0 Å². The summed E-state index contributed by atoms with van der Waals surface area (Å²) in [4.78, 5) is 27.8. The summed E-state index contributed by atoms with van der Waals surface area (Å²) in [6, 6.07) is 5.18. The van der Waals surface area contributed by atoms with Crippen molar-refractivity contribution in [1.82, 2.24) is 4.98 Å². The molecule has 1 aliphatic rings. The number of aliphatic carboxylic acids is 1. The molecule has 0 unspecified atom stereocenters. The molecule has 0 saturated carbocycles. The number of oxazole rings is 1. The number of carbonyl (C=O) groups is 2. The third kappa shape index (κ3) is 2.72. The Hall–Kier alpha value is -2.63. The Morgan fingerprint density at radius 1 is 1.27 bits per heavy atom. The third-order valence-electron chi connectivity index (χ3n) is 3.85. The standard InChI is InChI=1S/C16H16N2O4/c1-9-17-13-8-10(6-7-14(13)22-9)18-15(19)11-4-2-3-5-12(11)16(20)21/h2-3,6-8,11-12H,4-5H2,1H3,(H,18,19)(H,20,21)/t11-,12-/m1/s1. The highest BCUT2D eigenvalue weighted by atomic mass is 16.4. The number of benzene rings is 1. The Labute approximate surface area is 126 Å². The number of carboxylic acid groups (broad SMARTS) is 1. The number of aryl methyl sites for hydroxylation is 1. The van der Waals surface area contributed by atoms with E-state index in [1.54, 1.807) is 25.1 Å². The Morgan fingerprint density at radius 3 is 2.73 bits per heavy atom. The smallest absolute Gasteiger partial charge is 0.307 e. The Kier molecular flexibility index (Phi) is 3.66. The lowest BCUT2D eigenvalue weighted by Gasteiger charge is -2.24. The number of allylic oxidation sites excluding steroid dienone is 2. The summed E-state index contributed by atoms with van der Waals surface area (Å²) in [7, 11) is 0. The molecule has 1 aromatic carbocycles. The van der Waals surface area contributed by atoms with Gasteiger partial charge in [-0.1, -0.05) is 12.2 Å². The van der Waals surface area contributed by atoms with Crippen molar-refractivity contribution in [1.29, 1.82) is 0 Å². The van der Waals surface area contributed by atoms with Crippen LogP contribution in [0.4, 0.5) is 5.69 Å². The predicted molar refractivity (Wildman–Crippen MR) is 80.4 cm³/mol. The fourth-order valence-electron chi connectivity index (χ4n) is 2.73. The molecule has 0 spiro atoms. The summed E-state index contributed by atoms with van der Waals surface area (Å²) in [5.41, 5.74) is 1.90. The Bertz CT molecular complexity index is 763. The van der Waals surface area contributed by atoms with Gasteiger partial charge < -0.3 is 14.8 Å². The van der Waals surface area contributed by atoms with E-state index in [1.165, 1.54) is 0 Å². The van der Waals surface area contributed by atoms with Crippen molar-refractivity contribution in [2.24, 2.45) is 11.8 Å². The van der Waals surface area contributed by atoms with E-state index in [0.717, 1.165) is 0 Å². The molecule has 1 amide bonds. The number of fused-ring (bicyclic) bond motifs is 1. The van der Waals surface area contributed by atoms with Gasteiger partial charge in [-0.05, 0) is 31.0 Å². The van der Waals surface area contributed by atoms with E-state index in [4.69, 9.17) is 4.42 Å². The first-order valence-corrected chi connectivity index (χ1v) is 7.10. The second-order valence-electron chi connectivity index (χ2n) is 5.40. The SMILES string of the molecule is Cc1nc2cc(NC(=O)[C@@H]3CC=CC[C@H]3C(=O)O)ccc2o1. The minimum Gasteiger partial charge on any atom is -0.481 e. The van der Waals surface area contributed by atoms with E-state index < -0.39 is 17.8 Å². The summed E-state index contributed by atoms with van der Waals surface area (Å²) >= 11 is 0. The van der Waals surface area contributed by atoms with Crippen LogP contribution in [-0.2, 0) is 9.59 Å². The summed E-state index contributed by atoms with van der Waals surface area (Å²) in [6.07, 6.45) is 4.49. The highest BCUT2D eigenvalue weighted by molar-refractivity contribution is 5.96. The van der Waals surface area contributed by atoms with Crippen LogP contribution < -0.4 is 5.32 Å².